The van der Waals surface area contributed by atoms with Gasteiger partial charge in [0.25, 0.3) is 0 Å². The second-order valence-corrected chi connectivity index (χ2v) is 12.5. The first-order chi connectivity index (χ1) is 19.7. The second-order valence-electron chi connectivity index (χ2n) is 11.7. The van der Waals surface area contributed by atoms with Crippen LogP contribution in [0.5, 0.6) is 0 Å². The number of nitrogens with zero attached hydrogens (tertiary/aromatic N) is 1. The van der Waals surface area contributed by atoms with Gasteiger partial charge in [-0.25, -0.2) is 13.6 Å². The molecule has 0 saturated carbocycles. The lowest BCUT2D eigenvalue weighted by Gasteiger charge is -2.37. The molecule has 1 fully saturated rings. The number of hydrogen-bond donors (Lipinski definition) is 2. The van der Waals surface area contributed by atoms with Gasteiger partial charge in [0.2, 0.25) is 5.91 Å². The van der Waals surface area contributed by atoms with Gasteiger partial charge in [0.05, 0.1) is 29.8 Å². The lowest BCUT2D eigenvalue weighted by atomic mass is 9.62. The van der Waals surface area contributed by atoms with Crippen molar-refractivity contribution in [2.24, 2.45) is 5.41 Å². The standard InChI is InChI=1S/C32H31Cl2F2N3O3/c1-17-13-18(30(41)42-5)9-12-24(17)38-29(40)28-26(20-7-6-8-22(34)27(20)36)32(16-37,25(39-28)15-31(2,3)4)21-11-10-19(33)14-23(21)35/h6-14,25-26,28,39H,15H2,1-5H3,(H,38,40)/t25-,26-,28?,32-/m0/s1. The summed E-state index contributed by atoms with van der Waals surface area (Å²) in [6.07, 6.45) is 0.345. The maximum absolute atomic E-state index is 15.8. The highest BCUT2D eigenvalue weighted by molar-refractivity contribution is 6.31. The van der Waals surface area contributed by atoms with Crippen LogP contribution in [0, 0.1) is 35.3 Å². The molecule has 0 radical (unpaired) electrons. The Labute approximate surface area is 254 Å². The van der Waals surface area contributed by atoms with Crippen LogP contribution in [-0.2, 0) is 14.9 Å². The first-order valence-electron chi connectivity index (χ1n) is 13.3. The number of benzene rings is 3. The molecule has 4 rings (SSSR count). The number of esters is 1. The molecular formula is C32H31Cl2F2N3O3. The van der Waals surface area contributed by atoms with Crippen molar-refractivity contribution in [1.29, 1.82) is 5.26 Å². The first kappa shape index (κ1) is 31.4. The van der Waals surface area contributed by atoms with Crippen LogP contribution in [0.2, 0.25) is 10.0 Å². The first-order valence-corrected chi connectivity index (χ1v) is 14.1. The molecule has 0 aliphatic carbocycles. The molecule has 1 aliphatic heterocycles. The Kier molecular flexibility index (Phi) is 8.98. The summed E-state index contributed by atoms with van der Waals surface area (Å²) in [5.74, 6) is -3.84. The average molecular weight is 615 g/mol. The van der Waals surface area contributed by atoms with Crippen molar-refractivity contribution in [1.82, 2.24) is 5.32 Å². The van der Waals surface area contributed by atoms with E-state index in [-0.39, 0.29) is 26.6 Å². The lowest BCUT2D eigenvalue weighted by molar-refractivity contribution is -0.118. The minimum atomic E-state index is -1.74. The lowest BCUT2D eigenvalue weighted by Crippen LogP contribution is -2.45. The van der Waals surface area contributed by atoms with Gasteiger partial charge in [-0.1, -0.05) is 62.2 Å². The molecule has 1 aliphatic rings. The number of aryl methyl sites for hydroxylation is 1. The van der Waals surface area contributed by atoms with Gasteiger partial charge in [-0.3, -0.25) is 4.79 Å². The van der Waals surface area contributed by atoms with Crippen LogP contribution >= 0.6 is 23.2 Å². The molecule has 220 valence electrons. The van der Waals surface area contributed by atoms with Crippen LogP contribution in [0.3, 0.4) is 0 Å². The third-order valence-corrected chi connectivity index (χ3v) is 8.16. The second kappa shape index (κ2) is 12.0. The van der Waals surface area contributed by atoms with E-state index in [1.54, 1.807) is 19.1 Å². The zero-order valence-corrected chi connectivity index (χ0v) is 25.3. The number of halogens is 4. The number of carbonyl (C=O) groups excluding carboxylic acids is 2. The fourth-order valence-electron chi connectivity index (χ4n) is 5.82. The highest BCUT2D eigenvalue weighted by Crippen LogP contribution is 2.53. The summed E-state index contributed by atoms with van der Waals surface area (Å²) < 4.78 is 36.3. The average Bonchev–Trinajstić information content (AvgIpc) is 3.23. The van der Waals surface area contributed by atoms with Gasteiger partial charge in [0.15, 0.2) is 0 Å². The molecule has 0 aromatic heterocycles. The summed E-state index contributed by atoms with van der Waals surface area (Å²) in [5.41, 5.74) is -0.826. The Morgan fingerprint density at radius 1 is 1.12 bits per heavy atom. The summed E-state index contributed by atoms with van der Waals surface area (Å²) in [7, 11) is 1.27. The quantitative estimate of drug-likeness (QED) is 0.284. The molecule has 2 N–H and O–H groups in total. The van der Waals surface area contributed by atoms with E-state index in [0.29, 0.717) is 23.2 Å². The van der Waals surface area contributed by atoms with Crippen molar-refractivity contribution in [3.8, 4) is 6.07 Å². The van der Waals surface area contributed by atoms with Gasteiger partial charge in [0.1, 0.15) is 17.0 Å². The predicted molar refractivity (Wildman–Crippen MR) is 159 cm³/mol. The molecule has 1 unspecified atom stereocenters. The molecule has 1 heterocycles. The van der Waals surface area contributed by atoms with E-state index in [9.17, 15) is 14.9 Å². The third kappa shape index (κ3) is 5.87. The zero-order valence-electron chi connectivity index (χ0n) is 23.8. The summed E-state index contributed by atoms with van der Waals surface area (Å²) in [4.78, 5) is 26.0. The van der Waals surface area contributed by atoms with Crippen LogP contribution in [0.25, 0.3) is 0 Å². The molecule has 4 atom stereocenters. The predicted octanol–water partition coefficient (Wildman–Crippen LogP) is 7.33. The summed E-state index contributed by atoms with van der Waals surface area (Å²) >= 11 is 12.3. The van der Waals surface area contributed by atoms with Gasteiger partial charge in [-0.05, 0) is 66.3 Å². The third-order valence-electron chi connectivity index (χ3n) is 7.64. The van der Waals surface area contributed by atoms with E-state index >= 15 is 8.78 Å². The summed E-state index contributed by atoms with van der Waals surface area (Å²) in [6, 6.07) is 13.4. The van der Waals surface area contributed by atoms with E-state index in [0.717, 1.165) is 6.07 Å². The minimum Gasteiger partial charge on any atom is -0.465 e. The zero-order chi connectivity index (χ0) is 31.0. The number of anilines is 1. The van der Waals surface area contributed by atoms with E-state index < -0.39 is 46.9 Å². The normalized spacial score (nSPS) is 22.0. The monoisotopic (exact) mass is 613 g/mol. The maximum atomic E-state index is 15.8. The number of nitrogens with one attached hydrogen (secondary N) is 2. The van der Waals surface area contributed by atoms with Crippen molar-refractivity contribution in [2.75, 3.05) is 12.4 Å². The van der Waals surface area contributed by atoms with Crippen LogP contribution < -0.4 is 10.6 Å². The molecule has 3 aromatic rings. The van der Waals surface area contributed by atoms with Crippen molar-refractivity contribution >= 4 is 40.8 Å². The van der Waals surface area contributed by atoms with Gasteiger partial charge in [0, 0.05) is 28.2 Å². The van der Waals surface area contributed by atoms with Gasteiger partial charge in [-0.2, -0.15) is 5.26 Å². The van der Waals surface area contributed by atoms with Crippen LogP contribution in [-0.4, -0.2) is 31.1 Å². The van der Waals surface area contributed by atoms with Crippen LogP contribution in [0.4, 0.5) is 14.5 Å². The molecule has 0 spiro atoms. The number of carbonyl (C=O) groups is 2. The van der Waals surface area contributed by atoms with Gasteiger partial charge < -0.3 is 15.4 Å². The number of nitriles is 1. The molecule has 10 heteroatoms. The number of ether oxygens (including phenoxy) is 1. The Morgan fingerprint density at radius 3 is 2.43 bits per heavy atom. The topological polar surface area (TPSA) is 91.2 Å². The number of methoxy groups -OCH3 is 1. The van der Waals surface area contributed by atoms with Crippen LogP contribution in [0.15, 0.2) is 54.6 Å². The smallest absolute Gasteiger partial charge is 0.337 e. The summed E-state index contributed by atoms with van der Waals surface area (Å²) in [5, 5.41) is 17.0. The van der Waals surface area contributed by atoms with Crippen molar-refractivity contribution < 1.29 is 23.1 Å². The Balaban J connectivity index is 1.92. The Morgan fingerprint density at radius 2 is 1.83 bits per heavy atom. The maximum Gasteiger partial charge on any atom is 0.337 e. The fourth-order valence-corrected chi connectivity index (χ4v) is 6.16. The molecular weight excluding hydrogens is 583 g/mol. The van der Waals surface area contributed by atoms with E-state index in [4.69, 9.17) is 27.9 Å². The number of rotatable bonds is 6. The molecule has 3 aromatic carbocycles. The number of amides is 1. The van der Waals surface area contributed by atoms with Crippen molar-refractivity contribution in [3.63, 3.8) is 0 Å². The van der Waals surface area contributed by atoms with Gasteiger partial charge >= 0.3 is 5.97 Å². The minimum absolute atomic E-state index is 0.000204. The van der Waals surface area contributed by atoms with Crippen LogP contribution in [0.1, 0.15) is 60.2 Å². The Hall–Kier alpha value is -3.51. The largest absolute Gasteiger partial charge is 0.465 e. The molecule has 6 nitrogen and oxygen atoms in total. The van der Waals surface area contributed by atoms with E-state index in [1.807, 2.05) is 20.8 Å². The van der Waals surface area contributed by atoms with Crippen molar-refractivity contribution in [3.05, 3.63) is 98.5 Å². The summed E-state index contributed by atoms with van der Waals surface area (Å²) in [6.45, 7) is 7.60. The molecule has 1 saturated heterocycles. The number of hydrogen-bond acceptors (Lipinski definition) is 5. The SMILES string of the molecule is COC(=O)c1ccc(NC(=O)C2N[C@@H](CC(C)(C)C)[C@](C#N)(c3ccc(Cl)cc3F)[C@H]2c2cccc(Cl)c2F)c(C)c1. The fraction of sp³-hybridized carbons (Fsp3) is 0.344. The highest BCUT2D eigenvalue weighted by Gasteiger charge is 2.61. The van der Waals surface area contributed by atoms with Crippen molar-refractivity contribution in [2.45, 2.75) is 57.5 Å². The molecule has 1 amide bonds. The molecule has 42 heavy (non-hydrogen) atoms. The molecule has 0 bridgehead atoms. The Bertz CT molecular complexity index is 1580. The van der Waals surface area contributed by atoms with Gasteiger partial charge in [-0.15, -0.1) is 0 Å². The van der Waals surface area contributed by atoms with E-state index in [2.05, 4.69) is 16.7 Å². The van der Waals surface area contributed by atoms with E-state index in [1.165, 1.54) is 43.5 Å². The highest BCUT2D eigenvalue weighted by atomic mass is 35.5.